The van der Waals surface area contributed by atoms with Gasteiger partial charge in [0.2, 0.25) is 5.91 Å². The van der Waals surface area contributed by atoms with E-state index >= 15 is 0 Å². The Labute approximate surface area is 143 Å². The fraction of sp³-hybridized carbons (Fsp3) is 0.400. The maximum absolute atomic E-state index is 11.6. The lowest BCUT2D eigenvalue weighted by molar-refractivity contribution is -0.384. The summed E-state index contributed by atoms with van der Waals surface area (Å²) in [5.41, 5.74) is 6.10. The molecule has 0 aliphatic rings. The number of ether oxygens (including phenoxy) is 1. The van der Waals surface area contributed by atoms with Crippen molar-refractivity contribution in [3.63, 3.8) is 0 Å². The monoisotopic (exact) mass is 353 g/mol. The predicted octanol–water partition coefficient (Wildman–Crippen LogP) is 0.335. The Hall–Kier alpha value is -3.01. The van der Waals surface area contributed by atoms with Gasteiger partial charge in [0.05, 0.1) is 11.0 Å². The van der Waals surface area contributed by atoms with E-state index in [0.717, 1.165) is 0 Å². The van der Waals surface area contributed by atoms with Gasteiger partial charge in [-0.3, -0.25) is 24.5 Å². The third kappa shape index (κ3) is 6.96. The Morgan fingerprint density at radius 1 is 1.32 bits per heavy atom. The second-order valence-corrected chi connectivity index (χ2v) is 5.30. The maximum Gasteiger partial charge on any atom is 0.325 e. The van der Waals surface area contributed by atoms with Gasteiger partial charge in [0, 0.05) is 18.6 Å². The molecule has 4 N–H and O–H groups in total. The molecule has 10 heteroatoms. The lowest BCUT2D eigenvalue weighted by Gasteiger charge is -2.14. The molecule has 0 spiro atoms. The lowest BCUT2D eigenvalue weighted by atomic mass is 10.1. The SMILES string of the molecule is C[C@H](NC(=O)[C@H](N)CCC(=O)OCc1ccc([N+](=O)[O-])cc1)C(=O)O. The quantitative estimate of drug-likeness (QED) is 0.325. The number of esters is 1. The van der Waals surface area contributed by atoms with Crippen LogP contribution in [0.1, 0.15) is 25.3 Å². The molecule has 0 saturated carbocycles. The number of rotatable bonds is 9. The average molecular weight is 353 g/mol. The van der Waals surface area contributed by atoms with Crippen LogP contribution < -0.4 is 11.1 Å². The molecular formula is C15H19N3O7. The molecule has 1 amide bonds. The summed E-state index contributed by atoms with van der Waals surface area (Å²) in [4.78, 5) is 43.9. The summed E-state index contributed by atoms with van der Waals surface area (Å²) in [7, 11) is 0. The van der Waals surface area contributed by atoms with Crippen molar-refractivity contribution < 1.29 is 29.2 Å². The largest absolute Gasteiger partial charge is 0.480 e. The molecule has 0 saturated heterocycles. The van der Waals surface area contributed by atoms with Crippen LogP contribution in [-0.2, 0) is 25.7 Å². The van der Waals surface area contributed by atoms with E-state index in [-0.39, 0.29) is 25.1 Å². The van der Waals surface area contributed by atoms with Crippen LogP contribution in [0.4, 0.5) is 5.69 Å². The number of aliphatic carboxylic acids is 1. The van der Waals surface area contributed by atoms with E-state index in [2.05, 4.69) is 5.32 Å². The number of carbonyl (C=O) groups is 3. The number of hydrogen-bond acceptors (Lipinski definition) is 7. The molecule has 0 heterocycles. The van der Waals surface area contributed by atoms with Gasteiger partial charge in [-0.05, 0) is 31.0 Å². The van der Waals surface area contributed by atoms with Crippen molar-refractivity contribution in [1.82, 2.24) is 5.32 Å². The second kappa shape index (κ2) is 9.33. The van der Waals surface area contributed by atoms with Crippen LogP contribution in [0.5, 0.6) is 0 Å². The number of nitrogens with zero attached hydrogens (tertiary/aromatic N) is 1. The van der Waals surface area contributed by atoms with Gasteiger partial charge in [-0.2, -0.15) is 0 Å². The van der Waals surface area contributed by atoms with Crippen molar-refractivity contribution in [3.05, 3.63) is 39.9 Å². The summed E-state index contributed by atoms with van der Waals surface area (Å²) in [6.45, 7) is 1.24. The Morgan fingerprint density at radius 3 is 2.44 bits per heavy atom. The highest BCUT2D eigenvalue weighted by Crippen LogP contribution is 2.13. The molecule has 10 nitrogen and oxygen atoms in total. The zero-order valence-corrected chi connectivity index (χ0v) is 13.5. The standard InChI is InChI=1S/C15H19N3O7/c1-9(15(21)22)17-14(20)12(16)6-7-13(19)25-8-10-2-4-11(5-3-10)18(23)24/h2-5,9,12H,6-8,16H2,1H3,(H,17,20)(H,21,22)/t9-,12+/m0/s1. The van der Waals surface area contributed by atoms with Crippen molar-refractivity contribution in [2.45, 2.75) is 38.5 Å². The maximum atomic E-state index is 11.6. The number of amides is 1. The lowest BCUT2D eigenvalue weighted by Crippen LogP contribution is -2.47. The number of carbonyl (C=O) groups excluding carboxylic acids is 2. The molecule has 1 aromatic carbocycles. The Kier molecular flexibility index (Phi) is 7.47. The third-order valence-corrected chi connectivity index (χ3v) is 3.27. The zero-order valence-electron chi connectivity index (χ0n) is 13.5. The van der Waals surface area contributed by atoms with Crippen molar-refractivity contribution in [2.75, 3.05) is 0 Å². The van der Waals surface area contributed by atoms with Crippen molar-refractivity contribution in [3.8, 4) is 0 Å². The minimum absolute atomic E-state index is 0.00271. The molecule has 0 fully saturated rings. The highest BCUT2D eigenvalue weighted by atomic mass is 16.6. The van der Waals surface area contributed by atoms with E-state index in [1.54, 1.807) is 0 Å². The molecule has 25 heavy (non-hydrogen) atoms. The molecular weight excluding hydrogens is 334 g/mol. The number of nitro benzene ring substituents is 1. The first-order valence-corrected chi connectivity index (χ1v) is 7.38. The first-order valence-electron chi connectivity index (χ1n) is 7.38. The molecule has 2 atom stereocenters. The molecule has 0 aliphatic heterocycles. The van der Waals surface area contributed by atoms with Crippen LogP contribution in [0.3, 0.4) is 0 Å². The van der Waals surface area contributed by atoms with Crippen molar-refractivity contribution in [2.24, 2.45) is 5.73 Å². The van der Waals surface area contributed by atoms with Crippen molar-refractivity contribution >= 4 is 23.5 Å². The Bertz CT molecular complexity index is 645. The van der Waals surface area contributed by atoms with E-state index in [1.807, 2.05) is 0 Å². The molecule has 0 aliphatic carbocycles. The molecule has 1 aromatic rings. The number of carboxylic acid groups (broad SMARTS) is 1. The Balaban J connectivity index is 2.35. The molecule has 136 valence electrons. The van der Waals surface area contributed by atoms with Gasteiger partial charge in [0.1, 0.15) is 12.6 Å². The second-order valence-electron chi connectivity index (χ2n) is 5.30. The van der Waals surface area contributed by atoms with Gasteiger partial charge in [-0.25, -0.2) is 0 Å². The first kappa shape index (κ1) is 20.0. The first-order chi connectivity index (χ1) is 11.7. The number of nitro groups is 1. The predicted molar refractivity (Wildman–Crippen MR) is 85.3 cm³/mol. The van der Waals surface area contributed by atoms with Gasteiger partial charge < -0.3 is 20.9 Å². The van der Waals surface area contributed by atoms with E-state index < -0.39 is 34.9 Å². The van der Waals surface area contributed by atoms with Crippen LogP contribution >= 0.6 is 0 Å². The molecule has 0 aromatic heterocycles. The molecule has 0 bridgehead atoms. The van der Waals surface area contributed by atoms with Crippen LogP contribution in [0.25, 0.3) is 0 Å². The fourth-order valence-corrected chi connectivity index (χ4v) is 1.74. The normalized spacial score (nSPS) is 12.7. The average Bonchev–Trinajstić information content (AvgIpc) is 2.57. The summed E-state index contributed by atoms with van der Waals surface area (Å²) in [6, 6.07) is 3.43. The minimum Gasteiger partial charge on any atom is -0.480 e. The number of carboxylic acids is 1. The van der Waals surface area contributed by atoms with E-state index in [4.69, 9.17) is 15.6 Å². The van der Waals surface area contributed by atoms with Gasteiger partial charge >= 0.3 is 11.9 Å². The number of hydrogen-bond donors (Lipinski definition) is 3. The molecule has 0 radical (unpaired) electrons. The Morgan fingerprint density at radius 2 is 1.92 bits per heavy atom. The highest BCUT2D eigenvalue weighted by Gasteiger charge is 2.20. The van der Waals surface area contributed by atoms with Crippen LogP contribution in [0, 0.1) is 10.1 Å². The number of benzene rings is 1. The fourth-order valence-electron chi connectivity index (χ4n) is 1.74. The van der Waals surface area contributed by atoms with Crippen LogP contribution in [0.15, 0.2) is 24.3 Å². The third-order valence-electron chi connectivity index (χ3n) is 3.27. The van der Waals surface area contributed by atoms with E-state index in [9.17, 15) is 24.5 Å². The number of non-ortho nitro benzene ring substituents is 1. The smallest absolute Gasteiger partial charge is 0.325 e. The van der Waals surface area contributed by atoms with Gasteiger partial charge in [-0.15, -0.1) is 0 Å². The van der Waals surface area contributed by atoms with Crippen LogP contribution in [0.2, 0.25) is 0 Å². The van der Waals surface area contributed by atoms with E-state index in [1.165, 1.54) is 31.2 Å². The van der Waals surface area contributed by atoms with E-state index in [0.29, 0.717) is 5.56 Å². The van der Waals surface area contributed by atoms with Gasteiger partial charge in [0.15, 0.2) is 0 Å². The highest BCUT2D eigenvalue weighted by molar-refractivity contribution is 5.86. The van der Waals surface area contributed by atoms with Crippen molar-refractivity contribution in [1.29, 1.82) is 0 Å². The number of nitrogens with two attached hydrogens (primary N) is 1. The van der Waals surface area contributed by atoms with Gasteiger partial charge in [-0.1, -0.05) is 0 Å². The summed E-state index contributed by atoms with van der Waals surface area (Å²) < 4.78 is 4.99. The number of nitrogens with one attached hydrogen (secondary N) is 1. The topological polar surface area (TPSA) is 162 Å². The molecule has 0 unspecified atom stereocenters. The summed E-state index contributed by atoms with van der Waals surface area (Å²) >= 11 is 0. The summed E-state index contributed by atoms with van der Waals surface area (Å²) in [5, 5.41) is 21.4. The van der Waals surface area contributed by atoms with Crippen LogP contribution in [-0.4, -0.2) is 40.0 Å². The summed E-state index contributed by atoms with van der Waals surface area (Å²) in [5.74, 6) is -2.45. The van der Waals surface area contributed by atoms with Gasteiger partial charge in [0.25, 0.3) is 5.69 Å². The zero-order chi connectivity index (χ0) is 19.0. The minimum atomic E-state index is -1.19. The molecule has 1 rings (SSSR count). The summed E-state index contributed by atoms with van der Waals surface area (Å²) in [6.07, 6.45) is -0.125.